The molecule has 1 saturated heterocycles. The minimum atomic E-state index is -1.16. The zero-order valence-electron chi connectivity index (χ0n) is 21.2. The van der Waals surface area contributed by atoms with Gasteiger partial charge in [0.15, 0.2) is 11.2 Å². The second-order valence-electron chi connectivity index (χ2n) is 9.86. The van der Waals surface area contributed by atoms with E-state index in [1.54, 1.807) is 20.8 Å². The van der Waals surface area contributed by atoms with Crippen molar-refractivity contribution in [1.29, 1.82) is 0 Å². The Morgan fingerprint density at radius 1 is 1.12 bits per heavy atom. The molecule has 34 heavy (non-hydrogen) atoms. The molecule has 1 aliphatic heterocycles. The third kappa shape index (κ3) is 8.66. The van der Waals surface area contributed by atoms with Crippen LogP contribution >= 0.6 is 12.2 Å². The first kappa shape index (κ1) is 29.5. The van der Waals surface area contributed by atoms with Crippen LogP contribution in [0.15, 0.2) is 0 Å². The molecule has 1 aliphatic rings. The average Bonchev–Trinajstić information content (AvgIpc) is 3.04. The highest BCUT2D eigenvalue weighted by molar-refractivity contribution is 7.80. The molecule has 0 aliphatic carbocycles. The lowest BCUT2D eigenvalue weighted by Gasteiger charge is -2.33. The van der Waals surface area contributed by atoms with Crippen molar-refractivity contribution in [3.63, 3.8) is 0 Å². The molecule has 6 amide bonds. The van der Waals surface area contributed by atoms with Crippen molar-refractivity contribution in [3.8, 4) is 0 Å². The molecule has 1 heterocycles. The van der Waals surface area contributed by atoms with E-state index in [2.05, 4.69) is 10.6 Å². The van der Waals surface area contributed by atoms with Crippen molar-refractivity contribution < 1.29 is 28.7 Å². The molecule has 11 heteroatoms. The molecule has 0 saturated carbocycles. The maximum atomic E-state index is 13.5. The van der Waals surface area contributed by atoms with Gasteiger partial charge in [0.05, 0.1) is 0 Å². The van der Waals surface area contributed by atoms with Gasteiger partial charge in [-0.25, -0.2) is 4.79 Å². The van der Waals surface area contributed by atoms with Crippen LogP contribution in [0.4, 0.5) is 4.79 Å². The molecule has 0 bridgehead atoms. The Balaban J connectivity index is 3.15. The highest BCUT2D eigenvalue weighted by Gasteiger charge is 2.37. The smallest absolute Gasteiger partial charge is 0.324 e. The Kier molecular flexibility index (Phi) is 11.1. The number of likely N-dealkylation sites (tertiary alicyclic amines) is 1. The monoisotopic (exact) mass is 498 g/mol. The first-order chi connectivity index (χ1) is 15.7. The maximum absolute atomic E-state index is 13.5. The first-order valence-electron chi connectivity index (χ1n) is 11.5. The number of carbonyl (C=O) groups is 5. The fourth-order valence-corrected chi connectivity index (χ4v) is 3.56. The Morgan fingerprint density at radius 2 is 1.68 bits per heavy atom. The van der Waals surface area contributed by atoms with Gasteiger partial charge in [-0.05, 0) is 30.0 Å². The fraction of sp³-hybridized carbons (Fsp3) is 0.739. The van der Waals surface area contributed by atoms with E-state index in [4.69, 9.17) is 17.0 Å². The highest BCUT2D eigenvalue weighted by Crippen LogP contribution is 2.21. The van der Waals surface area contributed by atoms with Crippen molar-refractivity contribution in [2.24, 2.45) is 11.3 Å². The lowest BCUT2D eigenvalue weighted by molar-refractivity contribution is -0.142. The lowest BCUT2D eigenvalue weighted by Crippen LogP contribution is -2.58. The number of hydrogen-bond acceptors (Lipinski definition) is 7. The number of hydrogen-bond donors (Lipinski definition) is 2. The molecule has 0 aromatic heterocycles. The molecule has 0 aromatic rings. The molecule has 0 spiro atoms. The number of ether oxygens (including phenoxy) is 1. The van der Waals surface area contributed by atoms with Crippen molar-refractivity contribution in [2.75, 3.05) is 20.1 Å². The highest BCUT2D eigenvalue weighted by atomic mass is 32.1. The predicted octanol–water partition coefficient (Wildman–Crippen LogP) is 2.00. The van der Waals surface area contributed by atoms with Crippen LogP contribution in [-0.2, 0) is 23.9 Å². The summed E-state index contributed by atoms with van der Waals surface area (Å²) >= 11 is 5.02. The largest absolute Gasteiger partial charge is 0.474 e. The number of nitrogens with zero attached hydrogens (tertiary/aromatic N) is 2. The van der Waals surface area contributed by atoms with Gasteiger partial charge in [-0.15, -0.1) is 0 Å². The molecule has 0 aromatic carbocycles. The van der Waals surface area contributed by atoms with Crippen LogP contribution in [0.1, 0.15) is 67.2 Å². The fourth-order valence-electron chi connectivity index (χ4n) is 3.45. The van der Waals surface area contributed by atoms with Gasteiger partial charge in [0, 0.05) is 46.3 Å². The number of nitrogens with one attached hydrogen (secondary N) is 2. The number of amides is 6. The van der Waals surface area contributed by atoms with Crippen LogP contribution in [-0.4, -0.2) is 76.8 Å². The first-order valence-corrected chi connectivity index (χ1v) is 11.9. The van der Waals surface area contributed by atoms with E-state index in [1.807, 2.05) is 13.8 Å². The number of carbonyl (C=O) groups excluding carboxylic acids is 5. The number of urea groups is 1. The maximum Gasteiger partial charge on any atom is 0.324 e. The van der Waals surface area contributed by atoms with Crippen molar-refractivity contribution >= 4 is 46.9 Å². The molecule has 0 unspecified atom stereocenters. The summed E-state index contributed by atoms with van der Waals surface area (Å²) in [6.45, 7) is 10.9. The number of imide groups is 2. The standard InChI is InChI=1S/C23H38N4O6S/c1-14(2)10-12-27(22(32)25-19(20(30)24-7)23(4,5)6)21(31)16(33-15(3)34)11-13-26-17(28)8-9-18(26)29/h14,16,19H,8-13H2,1-7H3,(H,24,30)(H,25,32)/t16-,19+/m0/s1. The van der Waals surface area contributed by atoms with Crippen LogP contribution in [0.25, 0.3) is 0 Å². The number of rotatable bonds is 10. The molecule has 1 fully saturated rings. The summed E-state index contributed by atoms with van der Waals surface area (Å²) in [5.74, 6) is -1.44. The van der Waals surface area contributed by atoms with E-state index < -0.39 is 29.5 Å². The lowest BCUT2D eigenvalue weighted by atomic mass is 9.86. The minimum absolute atomic E-state index is 0.00605. The summed E-state index contributed by atoms with van der Waals surface area (Å²) < 4.78 is 5.55. The van der Waals surface area contributed by atoms with Gasteiger partial charge in [0.1, 0.15) is 6.04 Å². The zero-order chi connectivity index (χ0) is 26.2. The second-order valence-corrected chi connectivity index (χ2v) is 10.4. The summed E-state index contributed by atoms with van der Waals surface area (Å²) in [7, 11) is 1.47. The third-order valence-electron chi connectivity index (χ3n) is 5.44. The Labute approximate surface area is 207 Å². The molecule has 2 atom stereocenters. The van der Waals surface area contributed by atoms with Gasteiger partial charge in [-0.3, -0.25) is 29.0 Å². The Bertz CT molecular complexity index is 792. The van der Waals surface area contributed by atoms with E-state index in [1.165, 1.54) is 14.0 Å². The molecular weight excluding hydrogens is 460 g/mol. The van der Waals surface area contributed by atoms with Crippen LogP contribution in [0.3, 0.4) is 0 Å². The Hall–Kier alpha value is -2.56. The summed E-state index contributed by atoms with van der Waals surface area (Å²) in [4.78, 5) is 65.1. The van der Waals surface area contributed by atoms with Crippen molar-refractivity contribution in [2.45, 2.75) is 79.4 Å². The molecule has 192 valence electrons. The normalized spacial score (nSPS) is 15.7. The van der Waals surface area contributed by atoms with Gasteiger partial charge in [0.25, 0.3) is 5.91 Å². The van der Waals surface area contributed by atoms with E-state index >= 15 is 0 Å². The van der Waals surface area contributed by atoms with Crippen LogP contribution in [0.5, 0.6) is 0 Å². The van der Waals surface area contributed by atoms with Crippen LogP contribution in [0.2, 0.25) is 0 Å². The average molecular weight is 499 g/mol. The van der Waals surface area contributed by atoms with E-state index in [-0.39, 0.29) is 61.0 Å². The summed E-state index contributed by atoms with van der Waals surface area (Å²) in [5.41, 5.74) is -0.611. The third-order valence-corrected chi connectivity index (χ3v) is 5.53. The molecular formula is C23H38N4O6S. The predicted molar refractivity (Wildman–Crippen MR) is 131 cm³/mol. The van der Waals surface area contributed by atoms with Crippen molar-refractivity contribution in [1.82, 2.24) is 20.4 Å². The van der Waals surface area contributed by atoms with Crippen molar-refractivity contribution in [3.05, 3.63) is 0 Å². The zero-order valence-corrected chi connectivity index (χ0v) is 22.0. The van der Waals surface area contributed by atoms with Gasteiger partial charge in [-0.2, -0.15) is 0 Å². The van der Waals surface area contributed by atoms with Gasteiger partial charge in [-0.1, -0.05) is 34.6 Å². The van der Waals surface area contributed by atoms with Gasteiger partial charge >= 0.3 is 6.03 Å². The quantitative estimate of drug-likeness (QED) is 0.349. The van der Waals surface area contributed by atoms with Crippen LogP contribution < -0.4 is 10.6 Å². The van der Waals surface area contributed by atoms with E-state index in [0.717, 1.165) is 9.80 Å². The van der Waals surface area contributed by atoms with E-state index in [0.29, 0.717) is 6.42 Å². The summed E-state index contributed by atoms with van der Waals surface area (Å²) in [6.07, 6.45) is -0.355. The number of thiocarbonyl (C=S) groups is 1. The molecule has 2 N–H and O–H groups in total. The van der Waals surface area contributed by atoms with E-state index in [9.17, 15) is 24.0 Å². The molecule has 0 radical (unpaired) electrons. The SMILES string of the molecule is CNC(=O)[C@@H](NC(=O)N(CCC(C)C)C(=O)[C@H](CCN1C(=O)CCC1=O)OC(C)=S)C(C)(C)C. The van der Waals surface area contributed by atoms with Gasteiger partial charge in [0.2, 0.25) is 17.7 Å². The van der Waals surface area contributed by atoms with Crippen LogP contribution in [0, 0.1) is 11.3 Å². The molecule has 10 nitrogen and oxygen atoms in total. The number of likely N-dealkylation sites (N-methyl/N-ethyl adjacent to an activating group) is 1. The summed E-state index contributed by atoms with van der Waals surface area (Å²) in [6, 6.07) is -1.61. The topological polar surface area (TPSA) is 125 Å². The second kappa shape index (κ2) is 12.8. The van der Waals surface area contributed by atoms with Gasteiger partial charge < -0.3 is 15.4 Å². The molecule has 1 rings (SSSR count). The Morgan fingerprint density at radius 3 is 2.12 bits per heavy atom. The summed E-state index contributed by atoms with van der Waals surface area (Å²) in [5, 5.41) is 5.31. The minimum Gasteiger partial charge on any atom is -0.474 e.